The van der Waals surface area contributed by atoms with Crippen LogP contribution in [0.25, 0.3) is 5.65 Å². The lowest BCUT2D eigenvalue weighted by molar-refractivity contribution is 0.414. The predicted octanol–water partition coefficient (Wildman–Crippen LogP) is 2.13. The second-order valence-electron chi connectivity index (χ2n) is 5.13. The third kappa shape index (κ3) is 3.13. The zero-order valence-corrected chi connectivity index (χ0v) is 12.6. The fourth-order valence-electron chi connectivity index (χ4n) is 2.26. The van der Waals surface area contributed by atoms with Crippen LogP contribution >= 0.6 is 0 Å². The molecule has 0 spiro atoms. The highest BCUT2D eigenvalue weighted by molar-refractivity contribution is 5.42. The van der Waals surface area contributed by atoms with Crippen LogP contribution in [0, 0.1) is 0 Å². The number of anilines is 1. The Morgan fingerprint density at radius 3 is 2.77 bits per heavy atom. The van der Waals surface area contributed by atoms with Crippen LogP contribution in [0.5, 0.6) is 5.75 Å². The first-order valence-electron chi connectivity index (χ1n) is 7.19. The van der Waals surface area contributed by atoms with Gasteiger partial charge in [-0.2, -0.15) is 0 Å². The molecule has 1 unspecified atom stereocenters. The van der Waals surface area contributed by atoms with Gasteiger partial charge in [0.2, 0.25) is 0 Å². The third-order valence-corrected chi connectivity index (χ3v) is 3.64. The molecule has 0 fully saturated rings. The van der Waals surface area contributed by atoms with Crippen LogP contribution in [-0.4, -0.2) is 38.9 Å². The fraction of sp³-hybridized carbons (Fsp3) is 0.333. The molecule has 3 rings (SSSR count). The number of aromatic nitrogens is 5. The first kappa shape index (κ1) is 14.2. The van der Waals surface area contributed by atoms with Crippen molar-refractivity contribution in [2.45, 2.75) is 19.3 Å². The summed E-state index contributed by atoms with van der Waals surface area (Å²) in [5.41, 5.74) is 1.93. The van der Waals surface area contributed by atoms with E-state index in [1.165, 1.54) is 10.2 Å². The van der Waals surface area contributed by atoms with Crippen LogP contribution in [0.4, 0.5) is 5.82 Å². The Bertz CT molecular complexity index is 739. The first-order chi connectivity index (χ1) is 10.8. The minimum absolute atomic E-state index is 0.454. The van der Waals surface area contributed by atoms with E-state index in [1.54, 1.807) is 7.11 Å². The Morgan fingerprint density at radius 2 is 2.00 bits per heavy atom. The Kier molecular flexibility index (Phi) is 4.13. The molecule has 2 heterocycles. The van der Waals surface area contributed by atoms with Crippen LogP contribution in [0.1, 0.15) is 24.8 Å². The highest BCUT2D eigenvalue weighted by Crippen LogP contribution is 2.21. The third-order valence-electron chi connectivity index (χ3n) is 3.64. The Hall–Kier alpha value is -2.70. The molecule has 0 aliphatic carbocycles. The number of nitrogens with one attached hydrogen (secondary N) is 1. The molecule has 7 nitrogen and oxygen atoms in total. The average Bonchev–Trinajstić information content (AvgIpc) is 3.02. The number of rotatable bonds is 6. The minimum Gasteiger partial charge on any atom is -0.497 e. The Balaban J connectivity index is 1.55. The number of ether oxygens (including phenoxy) is 1. The number of hydrogen-bond donors (Lipinski definition) is 1. The lowest BCUT2D eigenvalue weighted by Crippen LogP contribution is -2.09. The Labute approximate surface area is 128 Å². The normalized spacial score (nSPS) is 12.3. The van der Waals surface area contributed by atoms with Crippen molar-refractivity contribution >= 4 is 11.5 Å². The van der Waals surface area contributed by atoms with E-state index in [-0.39, 0.29) is 0 Å². The molecule has 1 N–H and O–H groups in total. The summed E-state index contributed by atoms with van der Waals surface area (Å²) < 4.78 is 6.59. The van der Waals surface area contributed by atoms with Crippen molar-refractivity contribution in [1.29, 1.82) is 0 Å². The average molecular weight is 298 g/mol. The molecule has 1 atom stereocenters. The zero-order valence-electron chi connectivity index (χ0n) is 12.6. The summed E-state index contributed by atoms with van der Waals surface area (Å²) in [5, 5.41) is 18.7. The minimum atomic E-state index is 0.454. The number of methoxy groups -OCH3 is 1. The molecule has 0 amide bonds. The molecule has 3 aromatic rings. The molecular weight excluding hydrogens is 280 g/mol. The van der Waals surface area contributed by atoms with Crippen molar-refractivity contribution in [3.05, 3.63) is 42.0 Å². The lowest BCUT2D eigenvalue weighted by atomic mass is 9.98. The van der Waals surface area contributed by atoms with Crippen molar-refractivity contribution in [1.82, 2.24) is 25.3 Å². The van der Waals surface area contributed by atoms with Gasteiger partial charge in [0.15, 0.2) is 5.65 Å². The number of fused-ring (bicyclic) bond motifs is 1. The molecule has 0 saturated heterocycles. The maximum Gasteiger partial charge on any atom is 0.200 e. The molecule has 114 valence electrons. The summed E-state index contributed by atoms with van der Waals surface area (Å²) in [6.07, 6.45) is 1.00. The van der Waals surface area contributed by atoms with Gasteiger partial charge >= 0.3 is 0 Å². The van der Waals surface area contributed by atoms with E-state index >= 15 is 0 Å². The number of tetrazole rings is 1. The largest absolute Gasteiger partial charge is 0.497 e. The van der Waals surface area contributed by atoms with Crippen LogP contribution in [0.3, 0.4) is 0 Å². The molecule has 22 heavy (non-hydrogen) atoms. The molecule has 0 radical (unpaired) electrons. The van der Waals surface area contributed by atoms with Gasteiger partial charge in [0, 0.05) is 6.54 Å². The maximum atomic E-state index is 5.18. The van der Waals surface area contributed by atoms with E-state index in [0.717, 1.165) is 24.5 Å². The fourth-order valence-corrected chi connectivity index (χ4v) is 2.26. The van der Waals surface area contributed by atoms with Crippen molar-refractivity contribution in [3.63, 3.8) is 0 Å². The molecule has 0 saturated carbocycles. The van der Waals surface area contributed by atoms with Gasteiger partial charge in [0.25, 0.3) is 0 Å². The number of benzene rings is 1. The summed E-state index contributed by atoms with van der Waals surface area (Å²) >= 11 is 0. The van der Waals surface area contributed by atoms with Gasteiger partial charge in [0.05, 0.1) is 7.11 Å². The van der Waals surface area contributed by atoms with Crippen molar-refractivity contribution in [3.8, 4) is 5.75 Å². The second-order valence-corrected chi connectivity index (χ2v) is 5.13. The van der Waals surface area contributed by atoms with Crippen LogP contribution < -0.4 is 10.1 Å². The van der Waals surface area contributed by atoms with E-state index in [2.05, 4.69) is 45.0 Å². The molecule has 0 aliphatic rings. The summed E-state index contributed by atoms with van der Waals surface area (Å²) in [6, 6.07) is 11.9. The second kappa shape index (κ2) is 6.38. The van der Waals surface area contributed by atoms with E-state index in [0.29, 0.717) is 11.6 Å². The first-order valence-corrected chi connectivity index (χ1v) is 7.19. The Morgan fingerprint density at radius 1 is 1.18 bits per heavy atom. The van der Waals surface area contributed by atoms with Gasteiger partial charge in [-0.1, -0.05) is 19.1 Å². The zero-order chi connectivity index (χ0) is 15.4. The quantitative estimate of drug-likeness (QED) is 0.751. The predicted molar refractivity (Wildman–Crippen MR) is 83.1 cm³/mol. The summed E-state index contributed by atoms with van der Waals surface area (Å²) in [7, 11) is 1.68. The van der Waals surface area contributed by atoms with E-state index in [4.69, 9.17) is 4.74 Å². The van der Waals surface area contributed by atoms with Crippen molar-refractivity contribution in [2.75, 3.05) is 19.0 Å². The van der Waals surface area contributed by atoms with E-state index < -0.39 is 0 Å². The van der Waals surface area contributed by atoms with Gasteiger partial charge in [-0.15, -0.1) is 14.8 Å². The van der Waals surface area contributed by atoms with Crippen LogP contribution in [0.2, 0.25) is 0 Å². The summed E-state index contributed by atoms with van der Waals surface area (Å²) in [4.78, 5) is 0. The van der Waals surface area contributed by atoms with Crippen LogP contribution in [-0.2, 0) is 0 Å². The standard InChI is InChI=1S/C15H18N6O/c1-11(12-3-5-13(22-2)6-4-12)9-10-16-14-7-8-15-17-19-20-21(15)18-14/h3-8,11H,9-10H2,1-2H3,(H,16,18). The van der Waals surface area contributed by atoms with Gasteiger partial charge < -0.3 is 10.1 Å². The molecule has 7 heteroatoms. The molecule has 2 aromatic heterocycles. The van der Waals surface area contributed by atoms with Gasteiger partial charge in [0.1, 0.15) is 11.6 Å². The molecular formula is C15H18N6O. The molecule has 1 aromatic carbocycles. The van der Waals surface area contributed by atoms with Gasteiger partial charge in [-0.05, 0) is 52.6 Å². The smallest absolute Gasteiger partial charge is 0.200 e. The van der Waals surface area contributed by atoms with Crippen LogP contribution in [0.15, 0.2) is 36.4 Å². The number of hydrogen-bond acceptors (Lipinski definition) is 6. The van der Waals surface area contributed by atoms with Crippen molar-refractivity contribution in [2.24, 2.45) is 0 Å². The maximum absolute atomic E-state index is 5.18. The van der Waals surface area contributed by atoms with Gasteiger partial charge in [-0.25, -0.2) is 0 Å². The summed E-state index contributed by atoms with van der Waals surface area (Å²) in [5.74, 6) is 2.10. The highest BCUT2D eigenvalue weighted by atomic mass is 16.5. The topological polar surface area (TPSA) is 77.2 Å². The SMILES string of the molecule is COc1ccc(C(C)CCNc2ccc3nnnn3n2)cc1. The lowest BCUT2D eigenvalue weighted by Gasteiger charge is -2.13. The molecule has 0 bridgehead atoms. The van der Waals surface area contributed by atoms with E-state index in [9.17, 15) is 0 Å². The summed E-state index contributed by atoms with van der Waals surface area (Å²) in [6.45, 7) is 3.04. The number of nitrogens with zero attached hydrogens (tertiary/aromatic N) is 5. The highest BCUT2D eigenvalue weighted by Gasteiger charge is 2.06. The van der Waals surface area contributed by atoms with E-state index in [1.807, 2.05) is 24.3 Å². The van der Waals surface area contributed by atoms with Crippen molar-refractivity contribution < 1.29 is 4.74 Å². The van der Waals surface area contributed by atoms with Gasteiger partial charge in [-0.3, -0.25) is 0 Å². The molecule has 0 aliphatic heterocycles. The monoisotopic (exact) mass is 298 g/mol.